The topological polar surface area (TPSA) is 47.4 Å². The minimum atomic E-state index is -0.0467. The first kappa shape index (κ1) is 21.4. The van der Waals surface area contributed by atoms with E-state index in [1.165, 1.54) is 0 Å². The predicted molar refractivity (Wildman–Crippen MR) is 118 cm³/mol. The number of halogens is 2. The summed E-state index contributed by atoms with van der Waals surface area (Å²) in [7, 11) is 3.64. The van der Waals surface area contributed by atoms with Gasteiger partial charge in [-0.15, -0.1) is 0 Å². The van der Waals surface area contributed by atoms with Crippen molar-refractivity contribution in [3.8, 4) is 5.75 Å². The minimum Gasteiger partial charge on any atom is -0.489 e. The zero-order chi connectivity index (χ0) is 21.1. The number of carbonyl (C=O) groups is 1. The van der Waals surface area contributed by atoms with Gasteiger partial charge in [-0.25, -0.2) is 0 Å². The lowest BCUT2D eigenvalue weighted by atomic mass is 10.1. The van der Waals surface area contributed by atoms with Crippen LogP contribution in [0.2, 0.25) is 5.02 Å². The first-order valence-corrected chi connectivity index (χ1v) is 10.3. The van der Waals surface area contributed by atoms with Crippen LogP contribution in [0.4, 0.5) is 0 Å². The molecule has 0 N–H and O–H groups in total. The van der Waals surface area contributed by atoms with Crippen molar-refractivity contribution < 1.29 is 9.53 Å². The molecule has 3 aromatic rings. The van der Waals surface area contributed by atoms with E-state index in [1.54, 1.807) is 22.8 Å². The van der Waals surface area contributed by atoms with E-state index >= 15 is 0 Å². The van der Waals surface area contributed by atoms with Crippen LogP contribution >= 0.6 is 27.5 Å². The van der Waals surface area contributed by atoms with Gasteiger partial charge in [0.15, 0.2) is 0 Å². The molecule has 29 heavy (non-hydrogen) atoms. The number of ether oxygens (including phenoxy) is 1. The summed E-state index contributed by atoms with van der Waals surface area (Å²) in [5, 5.41) is 4.95. The number of hydrogen-bond donors (Lipinski definition) is 0. The first-order valence-electron chi connectivity index (χ1n) is 9.16. The van der Waals surface area contributed by atoms with E-state index < -0.39 is 0 Å². The molecular weight excluding hydrogens is 454 g/mol. The quantitative estimate of drug-likeness (QED) is 0.485. The summed E-state index contributed by atoms with van der Waals surface area (Å²) in [6, 6.07) is 11.3. The predicted octanol–water partition coefficient (Wildman–Crippen LogP) is 5.30. The molecule has 0 aliphatic rings. The third-order valence-corrected chi connectivity index (χ3v) is 6.02. The van der Waals surface area contributed by atoms with E-state index in [1.807, 2.05) is 57.3 Å². The molecule has 152 valence electrons. The maximum Gasteiger partial charge on any atom is 0.253 e. The Morgan fingerprint density at radius 1 is 1.21 bits per heavy atom. The third-order valence-electron chi connectivity index (χ3n) is 4.76. The highest BCUT2D eigenvalue weighted by Crippen LogP contribution is 2.26. The highest BCUT2D eigenvalue weighted by molar-refractivity contribution is 9.10. The van der Waals surface area contributed by atoms with E-state index in [4.69, 9.17) is 16.3 Å². The maximum atomic E-state index is 12.7. The van der Waals surface area contributed by atoms with Crippen molar-refractivity contribution in [3.63, 3.8) is 0 Å². The van der Waals surface area contributed by atoms with Crippen molar-refractivity contribution in [2.45, 2.75) is 27.0 Å². The Balaban J connectivity index is 1.63. The van der Waals surface area contributed by atoms with Gasteiger partial charge in [0.05, 0.1) is 22.9 Å². The van der Waals surface area contributed by atoms with Crippen molar-refractivity contribution in [3.05, 3.63) is 80.0 Å². The van der Waals surface area contributed by atoms with Crippen molar-refractivity contribution in [1.82, 2.24) is 14.7 Å². The van der Waals surface area contributed by atoms with Gasteiger partial charge in [0.25, 0.3) is 5.91 Å². The summed E-state index contributed by atoms with van der Waals surface area (Å²) >= 11 is 9.67. The van der Waals surface area contributed by atoms with Crippen molar-refractivity contribution >= 4 is 33.4 Å². The molecule has 0 atom stereocenters. The molecule has 0 fully saturated rings. The zero-order valence-electron chi connectivity index (χ0n) is 16.9. The number of aryl methyl sites for hydroxylation is 3. The van der Waals surface area contributed by atoms with Gasteiger partial charge in [-0.2, -0.15) is 5.10 Å². The highest BCUT2D eigenvalue weighted by Gasteiger charge is 2.15. The summed E-state index contributed by atoms with van der Waals surface area (Å²) in [6.07, 6.45) is 1.73. The minimum absolute atomic E-state index is 0.0467. The van der Waals surface area contributed by atoms with Crippen LogP contribution in [-0.4, -0.2) is 27.6 Å². The summed E-state index contributed by atoms with van der Waals surface area (Å²) in [5.41, 5.74) is 4.55. The number of aromatic nitrogens is 2. The molecule has 1 heterocycles. The second kappa shape index (κ2) is 9.01. The second-order valence-electron chi connectivity index (χ2n) is 7.08. The van der Waals surface area contributed by atoms with Crippen LogP contribution in [0.15, 0.2) is 47.1 Å². The number of benzene rings is 2. The van der Waals surface area contributed by atoms with Gasteiger partial charge in [-0.3, -0.25) is 9.48 Å². The molecule has 0 bridgehead atoms. The standard InChI is InChI=1S/C22H23BrClN3O2/c1-14-9-18(10-15(2)21(14)24)29-13-16-5-7-17(8-6-16)22(28)26(3)12-20-19(23)11-25-27(20)4/h5-11H,12-13H2,1-4H3. The number of hydrogen-bond acceptors (Lipinski definition) is 3. The molecule has 1 amide bonds. The second-order valence-corrected chi connectivity index (χ2v) is 8.31. The fourth-order valence-corrected chi connectivity index (χ4v) is 3.61. The van der Waals surface area contributed by atoms with Crippen LogP contribution in [0.25, 0.3) is 0 Å². The average Bonchev–Trinajstić information content (AvgIpc) is 3.02. The van der Waals surface area contributed by atoms with Gasteiger partial charge in [-0.1, -0.05) is 23.7 Å². The van der Waals surface area contributed by atoms with Crippen molar-refractivity contribution in [1.29, 1.82) is 0 Å². The molecule has 0 aliphatic carbocycles. The Bertz CT molecular complexity index is 989. The normalized spacial score (nSPS) is 10.8. The lowest BCUT2D eigenvalue weighted by Gasteiger charge is -2.18. The number of nitrogens with zero attached hydrogens (tertiary/aromatic N) is 3. The molecule has 0 saturated heterocycles. The van der Waals surface area contributed by atoms with Gasteiger partial charge in [-0.05, 0) is 70.7 Å². The number of carbonyl (C=O) groups excluding carboxylic acids is 1. The lowest BCUT2D eigenvalue weighted by Crippen LogP contribution is -2.27. The molecule has 0 spiro atoms. The maximum absolute atomic E-state index is 12.7. The summed E-state index contributed by atoms with van der Waals surface area (Å²) in [5.74, 6) is 0.737. The molecule has 0 saturated carbocycles. The largest absolute Gasteiger partial charge is 0.489 e. The molecule has 0 unspecified atom stereocenters. The third kappa shape index (κ3) is 5.00. The highest BCUT2D eigenvalue weighted by atomic mass is 79.9. The Labute approximate surface area is 184 Å². The van der Waals surface area contributed by atoms with E-state index in [-0.39, 0.29) is 5.91 Å². The molecule has 0 radical (unpaired) electrons. The first-order chi connectivity index (χ1) is 13.8. The molecule has 5 nitrogen and oxygen atoms in total. The summed E-state index contributed by atoms with van der Waals surface area (Å²) in [4.78, 5) is 14.4. The monoisotopic (exact) mass is 475 g/mol. The lowest BCUT2D eigenvalue weighted by molar-refractivity contribution is 0.0781. The number of rotatable bonds is 6. The van der Waals surface area contributed by atoms with Gasteiger partial charge >= 0.3 is 0 Å². The number of amides is 1. The Kier molecular flexibility index (Phi) is 6.65. The van der Waals surface area contributed by atoms with Gasteiger partial charge in [0, 0.05) is 24.7 Å². The fraction of sp³-hybridized carbons (Fsp3) is 0.273. The Morgan fingerprint density at radius 3 is 2.38 bits per heavy atom. The van der Waals surface area contributed by atoms with Gasteiger partial charge < -0.3 is 9.64 Å². The molecular formula is C22H23BrClN3O2. The van der Waals surface area contributed by atoms with E-state index in [0.717, 1.165) is 37.6 Å². The smallest absolute Gasteiger partial charge is 0.253 e. The van der Waals surface area contributed by atoms with Gasteiger partial charge in [0.2, 0.25) is 0 Å². The van der Waals surface area contributed by atoms with Crippen LogP contribution in [0.5, 0.6) is 5.75 Å². The summed E-state index contributed by atoms with van der Waals surface area (Å²) < 4.78 is 8.53. The molecule has 2 aromatic carbocycles. The molecule has 0 aliphatic heterocycles. The SMILES string of the molecule is Cc1cc(OCc2ccc(C(=O)N(C)Cc3c(Br)cnn3C)cc2)cc(C)c1Cl. The van der Waals surface area contributed by atoms with E-state index in [2.05, 4.69) is 21.0 Å². The Morgan fingerprint density at radius 2 is 1.83 bits per heavy atom. The van der Waals surface area contributed by atoms with Crippen LogP contribution in [-0.2, 0) is 20.2 Å². The fourth-order valence-electron chi connectivity index (χ4n) is 3.03. The van der Waals surface area contributed by atoms with E-state index in [0.29, 0.717) is 18.7 Å². The van der Waals surface area contributed by atoms with Crippen molar-refractivity contribution in [2.75, 3.05) is 7.05 Å². The van der Waals surface area contributed by atoms with E-state index in [9.17, 15) is 4.79 Å². The van der Waals surface area contributed by atoms with Gasteiger partial charge in [0.1, 0.15) is 12.4 Å². The molecule has 7 heteroatoms. The van der Waals surface area contributed by atoms with Crippen LogP contribution < -0.4 is 4.74 Å². The average molecular weight is 477 g/mol. The van der Waals surface area contributed by atoms with Crippen LogP contribution in [0.1, 0.15) is 32.7 Å². The van der Waals surface area contributed by atoms with Crippen LogP contribution in [0.3, 0.4) is 0 Å². The molecule has 3 rings (SSSR count). The van der Waals surface area contributed by atoms with Crippen LogP contribution in [0, 0.1) is 13.8 Å². The van der Waals surface area contributed by atoms with Crippen molar-refractivity contribution in [2.24, 2.45) is 7.05 Å². The summed E-state index contributed by atoms with van der Waals surface area (Å²) in [6.45, 7) is 4.81. The Hall–Kier alpha value is -2.31. The molecule has 1 aromatic heterocycles. The zero-order valence-corrected chi connectivity index (χ0v) is 19.2.